The molecule has 0 aliphatic rings. The fourth-order valence-electron chi connectivity index (χ4n) is 1.75. The molecule has 1 aromatic heterocycles. The van der Waals surface area contributed by atoms with Crippen molar-refractivity contribution in [2.75, 3.05) is 10.6 Å². The molecule has 114 valence electrons. The van der Waals surface area contributed by atoms with Gasteiger partial charge in [-0.2, -0.15) is 0 Å². The second kappa shape index (κ2) is 6.93. The minimum absolute atomic E-state index is 0.160. The molecule has 0 spiro atoms. The highest BCUT2D eigenvalue weighted by molar-refractivity contribution is 14.1. The van der Waals surface area contributed by atoms with E-state index in [1.54, 1.807) is 6.20 Å². The molecular formula is C14H11ClIN3O3. The minimum Gasteiger partial charge on any atom is -0.465 e. The highest BCUT2D eigenvalue weighted by atomic mass is 127. The van der Waals surface area contributed by atoms with E-state index >= 15 is 0 Å². The summed E-state index contributed by atoms with van der Waals surface area (Å²) in [6, 6.07) is 6.18. The van der Waals surface area contributed by atoms with E-state index in [0.29, 0.717) is 5.82 Å². The van der Waals surface area contributed by atoms with Crippen LogP contribution < -0.4 is 10.6 Å². The predicted octanol–water partition coefficient (Wildman–Crippen LogP) is 3.99. The highest BCUT2D eigenvalue weighted by Gasteiger charge is 2.14. The molecule has 1 aromatic carbocycles. The van der Waals surface area contributed by atoms with Crippen LogP contribution in [0.4, 0.5) is 16.3 Å². The van der Waals surface area contributed by atoms with Crippen LogP contribution in [0.5, 0.6) is 0 Å². The van der Waals surface area contributed by atoms with Gasteiger partial charge in [0.2, 0.25) is 0 Å². The van der Waals surface area contributed by atoms with Gasteiger partial charge in [-0.25, -0.2) is 9.78 Å². The van der Waals surface area contributed by atoms with Crippen LogP contribution in [-0.2, 0) is 0 Å². The fraction of sp³-hybridized carbons (Fsp3) is 0.0714. The number of hydrogen-bond acceptors (Lipinski definition) is 3. The Morgan fingerprint density at radius 3 is 2.64 bits per heavy atom. The molecule has 0 saturated heterocycles. The van der Waals surface area contributed by atoms with Gasteiger partial charge in [-0.3, -0.25) is 10.1 Å². The van der Waals surface area contributed by atoms with Crippen molar-refractivity contribution in [3.8, 4) is 0 Å². The summed E-state index contributed by atoms with van der Waals surface area (Å²) < 4.78 is 0.957. The van der Waals surface area contributed by atoms with Gasteiger partial charge in [-0.05, 0) is 59.3 Å². The molecule has 0 aliphatic carbocycles. The van der Waals surface area contributed by atoms with Crippen LogP contribution in [-0.4, -0.2) is 22.1 Å². The molecular weight excluding hydrogens is 421 g/mol. The maximum absolute atomic E-state index is 12.3. The first kappa shape index (κ1) is 16.5. The van der Waals surface area contributed by atoms with E-state index in [1.165, 1.54) is 18.2 Å². The number of nitrogens with one attached hydrogen (secondary N) is 2. The van der Waals surface area contributed by atoms with Crippen molar-refractivity contribution in [2.24, 2.45) is 0 Å². The number of carbonyl (C=O) groups excluding carboxylic acids is 1. The molecule has 6 nitrogen and oxygen atoms in total. The average Bonchev–Trinajstić information content (AvgIpc) is 2.43. The molecule has 0 unspecified atom stereocenters. The van der Waals surface area contributed by atoms with Crippen LogP contribution in [0.15, 0.2) is 30.5 Å². The molecule has 3 N–H and O–H groups in total. The molecule has 0 radical (unpaired) electrons. The summed E-state index contributed by atoms with van der Waals surface area (Å²) in [6.07, 6.45) is 0.413. The Balaban J connectivity index is 2.26. The molecule has 0 saturated carbocycles. The lowest BCUT2D eigenvalue weighted by atomic mass is 10.1. The first-order chi connectivity index (χ1) is 10.4. The number of aryl methyl sites for hydroxylation is 1. The van der Waals surface area contributed by atoms with Crippen LogP contribution >= 0.6 is 34.2 Å². The van der Waals surface area contributed by atoms with E-state index in [4.69, 9.17) is 16.7 Å². The summed E-state index contributed by atoms with van der Waals surface area (Å²) in [5.41, 5.74) is 1.23. The molecule has 0 atom stereocenters. The van der Waals surface area contributed by atoms with Gasteiger partial charge in [-0.15, -0.1) is 0 Å². The normalized spacial score (nSPS) is 10.1. The Morgan fingerprint density at radius 2 is 2.00 bits per heavy atom. The largest absolute Gasteiger partial charge is 0.465 e. The van der Waals surface area contributed by atoms with E-state index in [2.05, 4.69) is 38.2 Å². The van der Waals surface area contributed by atoms with E-state index in [0.717, 1.165) is 9.13 Å². The zero-order chi connectivity index (χ0) is 16.3. The fourth-order valence-corrected chi connectivity index (χ4v) is 2.56. The molecule has 0 aliphatic heterocycles. The summed E-state index contributed by atoms with van der Waals surface area (Å²) >= 11 is 8.13. The van der Waals surface area contributed by atoms with Gasteiger partial charge in [0.05, 0.1) is 10.6 Å². The third kappa shape index (κ3) is 4.08. The molecule has 1 heterocycles. The molecule has 0 fully saturated rings. The zero-order valence-electron chi connectivity index (χ0n) is 11.4. The quantitative estimate of drug-likeness (QED) is 0.641. The first-order valence-corrected chi connectivity index (χ1v) is 7.55. The predicted molar refractivity (Wildman–Crippen MR) is 92.7 cm³/mol. The number of carbonyl (C=O) groups is 2. The minimum atomic E-state index is -1.22. The maximum Gasteiger partial charge on any atom is 0.409 e. The van der Waals surface area contributed by atoms with Crippen molar-refractivity contribution in [1.82, 2.24) is 4.98 Å². The lowest BCUT2D eigenvalue weighted by Crippen LogP contribution is -2.15. The molecule has 2 aromatic rings. The van der Waals surface area contributed by atoms with Crippen LogP contribution in [0.3, 0.4) is 0 Å². The van der Waals surface area contributed by atoms with Crippen LogP contribution in [0, 0.1) is 10.5 Å². The Kier molecular flexibility index (Phi) is 5.19. The maximum atomic E-state index is 12.3. The zero-order valence-corrected chi connectivity index (χ0v) is 14.3. The smallest absolute Gasteiger partial charge is 0.409 e. The summed E-state index contributed by atoms with van der Waals surface area (Å²) in [5.74, 6) is -0.0334. The molecule has 22 heavy (non-hydrogen) atoms. The van der Waals surface area contributed by atoms with Crippen LogP contribution in [0.2, 0.25) is 5.02 Å². The van der Waals surface area contributed by atoms with Crippen molar-refractivity contribution in [2.45, 2.75) is 6.92 Å². The van der Waals surface area contributed by atoms with Gasteiger partial charge >= 0.3 is 6.09 Å². The van der Waals surface area contributed by atoms with Crippen molar-refractivity contribution >= 4 is 57.7 Å². The number of aromatic nitrogens is 1. The molecule has 8 heteroatoms. The number of pyridine rings is 1. The number of carboxylic acid groups (broad SMARTS) is 1. The molecule has 0 bridgehead atoms. The second-order valence-corrected chi connectivity index (χ2v) is 6.05. The van der Waals surface area contributed by atoms with E-state index < -0.39 is 12.0 Å². The number of benzene rings is 1. The van der Waals surface area contributed by atoms with Crippen LogP contribution in [0.25, 0.3) is 0 Å². The lowest BCUT2D eigenvalue weighted by molar-refractivity contribution is 0.102. The number of halogens is 2. The van der Waals surface area contributed by atoms with Gasteiger partial charge in [0.15, 0.2) is 0 Å². The van der Waals surface area contributed by atoms with Gasteiger partial charge in [0, 0.05) is 15.5 Å². The Bertz CT molecular complexity index is 752. The van der Waals surface area contributed by atoms with Crippen molar-refractivity contribution in [1.29, 1.82) is 0 Å². The first-order valence-electron chi connectivity index (χ1n) is 6.10. The van der Waals surface area contributed by atoms with E-state index in [-0.39, 0.29) is 16.3 Å². The summed E-state index contributed by atoms with van der Waals surface area (Å²) in [7, 11) is 0. The van der Waals surface area contributed by atoms with Crippen molar-refractivity contribution < 1.29 is 14.7 Å². The summed E-state index contributed by atoms with van der Waals surface area (Å²) in [5, 5.41) is 13.8. The van der Waals surface area contributed by atoms with Gasteiger partial charge in [0.25, 0.3) is 5.91 Å². The Hall–Kier alpha value is -1.87. The van der Waals surface area contributed by atoms with Gasteiger partial charge in [-0.1, -0.05) is 11.6 Å². The number of hydrogen-bond donors (Lipinski definition) is 3. The van der Waals surface area contributed by atoms with Gasteiger partial charge in [0.1, 0.15) is 5.82 Å². The Labute approximate surface area is 145 Å². The van der Waals surface area contributed by atoms with Crippen LogP contribution in [0.1, 0.15) is 15.9 Å². The molecule has 2 rings (SSSR count). The topological polar surface area (TPSA) is 91.3 Å². The monoisotopic (exact) mass is 431 g/mol. The third-order valence-corrected chi connectivity index (χ3v) is 3.66. The number of rotatable bonds is 3. The summed E-state index contributed by atoms with van der Waals surface area (Å²) in [6.45, 7) is 1.83. The molecule has 2 amide bonds. The standard InChI is InChI=1S/C14H11ClIN3O3/c1-7-4-8(16)6-17-12(7)19-13(20)10-5-9(18-14(21)22)2-3-11(10)15/h2-6,18H,1H3,(H,21,22)(H,17,19,20). The summed E-state index contributed by atoms with van der Waals surface area (Å²) in [4.78, 5) is 27.1. The van der Waals surface area contributed by atoms with E-state index in [9.17, 15) is 9.59 Å². The number of amides is 2. The van der Waals surface area contributed by atoms with E-state index in [1.807, 2.05) is 13.0 Å². The number of anilines is 2. The van der Waals surface area contributed by atoms with Gasteiger partial charge < -0.3 is 10.4 Å². The Morgan fingerprint density at radius 1 is 1.27 bits per heavy atom. The third-order valence-electron chi connectivity index (χ3n) is 2.74. The SMILES string of the molecule is Cc1cc(I)cnc1NC(=O)c1cc(NC(=O)O)ccc1Cl. The van der Waals surface area contributed by atoms with Crippen molar-refractivity contribution in [3.63, 3.8) is 0 Å². The lowest BCUT2D eigenvalue weighted by Gasteiger charge is -2.10. The second-order valence-electron chi connectivity index (χ2n) is 4.40. The number of nitrogens with zero attached hydrogens (tertiary/aromatic N) is 1. The average molecular weight is 432 g/mol. The highest BCUT2D eigenvalue weighted by Crippen LogP contribution is 2.22. The van der Waals surface area contributed by atoms with Crippen molar-refractivity contribution in [3.05, 3.63) is 50.2 Å².